The van der Waals surface area contributed by atoms with Crippen LogP contribution in [0.4, 0.5) is 5.69 Å². The molecule has 0 aromatic carbocycles. The number of nitrogens with one attached hydrogen (secondary N) is 4. The van der Waals surface area contributed by atoms with E-state index in [1.165, 1.54) is 30.8 Å². The van der Waals surface area contributed by atoms with Crippen molar-refractivity contribution in [2.75, 3.05) is 18.4 Å². The summed E-state index contributed by atoms with van der Waals surface area (Å²) in [6, 6.07) is 3.21. The number of carbonyl (C=O) groups excluding carboxylic acids is 5. The van der Waals surface area contributed by atoms with Crippen LogP contribution in [0.1, 0.15) is 59.8 Å². The van der Waals surface area contributed by atoms with Crippen molar-refractivity contribution in [2.45, 2.75) is 72.4 Å². The van der Waals surface area contributed by atoms with Gasteiger partial charge in [-0.25, -0.2) is 0 Å². The van der Waals surface area contributed by atoms with Gasteiger partial charge in [0.2, 0.25) is 24.5 Å². The molecular weight excluding hydrogens is 762 g/mol. The van der Waals surface area contributed by atoms with Gasteiger partial charge in [-0.1, -0.05) is 12.8 Å². The van der Waals surface area contributed by atoms with E-state index < -0.39 is 11.7 Å². The predicted molar refractivity (Wildman–Crippen MR) is 145 cm³/mol. The van der Waals surface area contributed by atoms with E-state index in [9.17, 15) is 28.8 Å². The average Bonchev–Trinajstić information content (AvgIpc) is 2.87. The molecule has 4 unspecified atom stereocenters. The molecule has 3 aliphatic carbocycles. The number of amides is 4. The molecule has 3 aliphatic rings. The first-order valence-corrected chi connectivity index (χ1v) is 13.2. The van der Waals surface area contributed by atoms with Gasteiger partial charge in [0.15, 0.2) is 0 Å². The van der Waals surface area contributed by atoms with E-state index in [0.717, 1.165) is 30.7 Å². The Kier molecular flexibility index (Phi) is 24.2. The monoisotopic (exact) mass is 804 g/mol. The number of aromatic nitrogens is 1. The zero-order valence-electron chi connectivity index (χ0n) is 24.2. The standard InChI is InChI=1S/C10H18N2O3.C9H14NO.C8H10N2O2.Rb.Re/c1-4-11-10(15)9(14)6-5-7(2)12-8(3)13;11-6-10-5-8-2-1-7-3-9(8)4-7;1-2-10-5-3-4-7(8(10)12)9-6-11;;/h7H,4-6H2,1-3H3,(H,11,15)(H,12,13);3,6-9H,1-2,4-5H2,(H,10,11);3-6H,2H2,1H3,(H,9,11);;/q;-1;;+1;. The third-order valence-corrected chi connectivity index (χ3v) is 6.49. The normalized spacial score (nSPS) is 18.4. The first kappa shape index (κ1) is 41.1. The van der Waals surface area contributed by atoms with Crippen LogP contribution in [0.15, 0.2) is 23.1 Å². The zero-order valence-corrected chi connectivity index (χ0v) is 31.8. The van der Waals surface area contributed by atoms with E-state index in [4.69, 9.17) is 0 Å². The number of carbonyl (C=O) groups is 5. The molecule has 0 spiro atoms. The number of pyridine rings is 1. The molecule has 13 heteroatoms. The molecule has 4 amide bonds. The summed E-state index contributed by atoms with van der Waals surface area (Å²) in [5.74, 6) is 1.37. The van der Waals surface area contributed by atoms with Crippen LogP contribution in [0, 0.1) is 24.2 Å². The van der Waals surface area contributed by atoms with Crippen LogP contribution in [-0.2, 0) is 50.9 Å². The van der Waals surface area contributed by atoms with Crippen LogP contribution in [0.25, 0.3) is 0 Å². The fourth-order valence-electron chi connectivity index (χ4n) is 4.42. The van der Waals surface area contributed by atoms with Crippen molar-refractivity contribution < 1.29 is 103 Å². The molecule has 4 N–H and O–H groups in total. The molecule has 219 valence electrons. The topological polar surface area (TPSA) is 155 Å². The molecule has 1 aromatic rings. The quantitative estimate of drug-likeness (QED) is 0.114. The van der Waals surface area contributed by atoms with Gasteiger partial charge in [-0.15, -0.1) is 6.42 Å². The predicted octanol–water partition coefficient (Wildman–Crippen LogP) is -1.58. The van der Waals surface area contributed by atoms with E-state index in [0.29, 0.717) is 31.6 Å². The number of ketones is 1. The number of likely N-dealkylation sites (N-methyl/N-ethyl adjacent to an activating group) is 1. The molecule has 3 fully saturated rings. The summed E-state index contributed by atoms with van der Waals surface area (Å²) in [5.41, 5.74) is 0.140. The fraction of sp³-hybridized carbons (Fsp3) is 0.593. The Morgan fingerprint density at radius 3 is 2.35 bits per heavy atom. The number of anilines is 1. The van der Waals surface area contributed by atoms with E-state index in [1.807, 2.05) is 6.92 Å². The van der Waals surface area contributed by atoms with E-state index >= 15 is 0 Å². The van der Waals surface area contributed by atoms with Crippen molar-refractivity contribution in [3.05, 3.63) is 35.1 Å². The second-order valence-electron chi connectivity index (χ2n) is 9.41. The second kappa shape index (κ2) is 23.5. The van der Waals surface area contributed by atoms with Crippen molar-refractivity contribution in [1.82, 2.24) is 20.5 Å². The van der Waals surface area contributed by atoms with Crippen molar-refractivity contribution in [3.63, 3.8) is 0 Å². The first-order chi connectivity index (χ1) is 18.2. The SMILES string of the molecule is CCNC(=O)C(=O)CCC(C)NC(C)=O.CCn1cccc(NC=O)c1=O.O=CNCC1CCC2[CH-]C1C2.[Rb+].[Re]. The van der Waals surface area contributed by atoms with Crippen LogP contribution in [-0.4, -0.2) is 54.1 Å². The maximum Gasteiger partial charge on any atom is 1.00 e. The molecule has 40 heavy (non-hydrogen) atoms. The average molecular weight is 804 g/mol. The number of rotatable bonds is 12. The van der Waals surface area contributed by atoms with Crippen LogP contribution in [0.2, 0.25) is 0 Å². The maximum atomic E-state index is 11.3. The molecule has 4 rings (SSSR count). The second-order valence-corrected chi connectivity index (χ2v) is 9.41. The molecule has 11 nitrogen and oxygen atoms in total. The maximum absolute atomic E-state index is 11.3. The Labute approximate surface area is 299 Å². The van der Waals surface area contributed by atoms with Crippen molar-refractivity contribution >= 4 is 36.1 Å². The van der Waals surface area contributed by atoms with Crippen LogP contribution < -0.4 is 85.0 Å². The number of nitrogens with zero attached hydrogens (tertiary/aromatic N) is 1. The molecule has 3 saturated carbocycles. The van der Waals surface area contributed by atoms with Gasteiger partial charge in [0.05, 0.1) is 0 Å². The Morgan fingerprint density at radius 1 is 1.18 bits per heavy atom. The smallest absolute Gasteiger partial charge is 0.358 e. The number of fused-ring (bicyclic) bond motifs is 2. The number of aryl methyl sites for hydroxylation is 1. The molecule has 0 saturated heterocycles. The van der Waals surface area contributed by atoms with Crippen LogP contribution in [0.3, 0.4) is 0 Å². The fourth-order valence-corrected chi connectivity index (χ4v) is 4.42. The summed E-state index contributed by atoms with van der Waals surface area (Å²) in [5, 5.41) is 10.2. The first-order valence-electron chi connectivity index (χ1n) is 13.2. The Bertz CT molecular complexity index is 984. The van der Waals surface area contributed by atoms with Gasteiger partial charge >= 0.3 is 58.2 Å². The molecule has 4 atom stereocenters. The third kappa shape index (κ3) is 15.8. The summed E-state index contributed by atoms with van der Waals surface area (Å²) in [4.78, 5) is 64.3. The summed E-state index contributed by atoms with van der Waals surface area (Å²) in [6.07, 6.45) is 10.1. The van der Waals surface area contributed by atoms with E-state index in [1.54, 1.807) is 32.2 Å². The summed E-state index contributed by atoms with van der Waals surface area (Å²) in [7, 11) is 0. The number of hydrogen-bond donors (Lipinski definition) is 4. The number of Topliss-reactive ketones (excluding diaryl/α,β-unsaturated/α-hetero) is 1. The Hall–Kier alpha value is -1.03. The van der Waals surface area contributed by atoms with Gasteiger partial charge in [0.25, 0.3) is 11.5 Å². The third-order valence-electron chi connectivity index (χ3n) is 6.49. The minimum Gasteiger partial charge on any atom is -0.358 e. The van der Waals surface area contributed by atoms with Gasteiger partial charge in [0, 0.05) is 65.6 Å². The summed E-state index contributed by atoms with van der Waals surface area (Å²) < 4.78 is 1.52. The summed E-state index contributed by atoms with van der Waals surface area (Å²) in [6.45, 7) is 8.78. The molecule has 1 radical (unpaired) electrons. The largest absolute Gasteiger partial charge is 1.00 e. The minimum absolute atomic E-state index is 0. The van der Waals surface area contributed by atoms with Crippen molar-refractivity contribution in [3.8, 4) is 0 Å². The molecular formula is C27H42N5O6RbRe. The van der Waals surface area contributed by atoms with Crippen molar-refractivity contribution in [2.24, 2.45) is 17.8 Å². The molecule has 1 aromatic heterocycles. The van der Waals surface area contributed by atoms with Crippen LogP contribution >= 0.6 is 0 Å². The molecule has 0 aliphatic heterocycles. The molecule has 1 heterocycles. The van der Waals surface area contributed by atoms with Gasteiger partial charge in [-0.3, -0.25) is 28.8 Å². The van der Waals surface area contributed by atoms with Gasteiger partial charge in [0.1, 0.15) is 5.69 Å². The van der Waals surface area contributed by atoms with Gasteiger partial charge in [-0.2, -0.15) is 11.8 Å². The van der Waals surface area contributed by atoms with Crippen molar-refractivity contribution in [1.29, 1.82) is 0 Å². The van der Waals surface area contributed by atoms with E-state index in [-0.39, 0.29) is 103 Å². The van der Waals surface area contributed by atoms with Gasteiger partial charge in [-0.05, 0) is 45.2 Å². The Morgan fingerprint density at radius 2 is 1.85 bits per heavy atom. The zero-order chi connectivity index (χ0) is 28.5. The Balaban J connectivity index is 0. The van der Waals surface area contributed by atoms with Gasteiger partial charge < -0.3 is 32.3 Å². The minimum atomic E-state index is -0.549. The molecule has 2 bridgehead atoms. The van der Waals surface area contributed by atoms with E-state index in [2.05, 4.69) is 27.7 Å². The van der Waals surface area contributed by atoms with Crippen LogP contribution in [0.5, 0.6) is 0 Å². The number of hydrogen-bond acceptors (Lipinski definition) is 6. The summed E-state index contributed by atoms with van der Waals surface area (Å²) >= 11 is 0.